The van der Waals surface area contributed by atoms with Crippen LogP contribution in [0.15, 0.2) is 30.5 Å². The molecule has 0 radical (unpaired) electrons. The number of hydrogen-bond acceptors (Lipinski definition) is 3. The average molecular weight is 370 g/mol. The lowest BCUT2D eigenvalue weighted by Crippen LogP contribution is -2.45. The molecule has 4 rings (SSSR count). The molecule has 0 spiro atoms. The number of halogens is 1. The van der Waals surface area contributed by atoms with E-state index in [1.54, 1.807) is 12.1 Å². The standard InChI is InChI=1S/C21H27FN4O/c22-17-9-7-15(8-10-17)20-16(13-24-25-20)14-26-12-3-1-2-11-23-21(27)18-5-4-6-19(18)26/h7-10,13,18-19H,1-6,11-12,14H2,(H,23,27)(H,24,25). The predicted octanol–water partition coefficient (Wildman–Crippen LogP) is 3.49. The van der Waals surface area contributed by atoms with Crippen molar-refractivity contribution in [1.29, 1.82) is 0 Å². The Morgan fingerprint density at radius 2 is 1.96 bits per heavy atom. The molecule has 2 atom stereocenters. The summed E-state index contributed by atoms with van der Waals surface area (Å²) in [5.74, 6) is 0.0651. The Labute approximate surface area is 159 Å². The minimum Gasteiger partial charge on any atom is -0.356 e. The van der Waals surface area contributed by atoms with Crippen LogP contribution in [-0.4, -0.2) is 40.1 Å². The number of hydrogen-bond donors (Lipinski definition) is 2. The first-order valence-electron chi connectivity index (χ1n) is 10.0. The van der Waals surface area contributed by atoms with Crippen molar-refractivity contribution in [3.63, 3.8) is 0 Å². The number of fused-ring (bicyclic) bond motifs is 1. The third-order valence-electron chi connectivity index (χ3n) is 5.93. The topological polar surface area (TPSA) is 61.0 Å². The van der Waals surface area contributed by atoms with Gasteiger partial charge in [0.2, 0.25) is 5.91 Å². The summed E-state index contributed by atoms with van der Waals surface area (Å²) in [5.41, 5.74) is 2.97. The molecule has 5 nitrogen and oxygen atoms in total. The van der Waals surface area contributed by atoms with Gasteiger partial charge in [0, 0.05) is 30.3 Å². The number of aromatic amines is 1. The highest BCUT2D eigenvalue weighted by Crippen LogP contribution is 2.33. The molecule has 1 saturated heterocycles. The van der Waals surface area contributed by atoms with Gasteiger partial charge in [-0.05, 0) is 56.5 Å². The maximum Gasteiger partial charge on any atom is 0.224 e. The van der Waals surface area contributed by atoms with Gasteiger partial charge in [0.05, 0.1) is 17.8 Å². The number of aromatic nitrogens is 2. The minimum absolute atomic E-state index is 0.0873. The molecule has 1 amide bonds. The molecule has 1 aromatic heterocycles. The summed E-state index contributed by atoms with van der Waals surface area (Å²) in [6.07, 6.45) is 8.33. The van der Waals surface area contributed by atoms with Crippen LogP contribution >= 0.6 is 0 Å². The van der Waals surface area contributed by atoms with E-state index >= 15 is 0 Å². The van der Waals surface area contributed by atoms with Crippen molar-refractivity contribution in [2.24, 2.45) is 5.92 Å². The number of rotatable bonds is 3. The van der Waals surface area contributed by atoms with Crippen LogP contribution in [0.1, 0.15) is 44.1 Å². The molecule has 1 saturated carbocycles. The van der Waals surface area contributed by atoms with Gasteiger partial charge < -0.3 is 5.32 Å². The summed E-state index contributed by atoms with van der Waals surface area (Å²) >= 11 is 0. The number of carbonyl (C=O) groups is 1. The largest absolute Gasteiger partial charge is 0.356 e. The molecule has 27 heavy (non-hydrogen) atoms. The fourth-order valence-corrected chi connectivity index (χ4v) is 4.52. The molecule has 2 N–H and O–H groups in total. The Morgan fingerprint density at radius 3 is 2.81 bits per heavy atom. The van der Waals surface area contributed by atoms with Gasteiger partial charge in [-0.1, -0.05) is 12.8 Å². The van der Waals surface area contributed by atoms with Gasteiger partial charge in [-0.2, -0.15) is 5.10 Å². The number of carbonyl (C=O) groups excluding carboxylic acids is 1. The SMILES string of the molecule is O=C1NCCCCCN(Cc2cn[nH]c2-c2ccc(F)cc2)C2CCCC12. The van der Waals surface area contributed by atoms with Crippen molar-refractivity contribution >= 4 is 5.91 Å². The fraction of sp³-hybridized carbons (Fsp3) is 0.524. The number of nitrogens with one attached hydrogen (secondary N) is 2. The molecule has 2 aromatic rings. The van der Waals surface area contributed by atoms with E-state index in [0.29, 0.717) is 6.04 Å². The van der Waals surface area contributed by atoms with E-state index in [-0.39, 0.29) is 17.6 Å². The number of nitrogens with zero attached hydrogens (tertiary/aromatic N) is 2. The van der Waals surface area contributed by atoms with Crippen molar-refractivity contribution in [2.45, 2.75) is 51.1 Å². The van der Waals surface area contributed by atoms with Gasteiger partial charge in [-0.3, -0.25) is 14.8 Å². The van der Waals surface area contributed by atoms with Crippen LogP contribution in [0, 0.1) is 11.7 Å². The first kappa shape index (κ1) is 18.2. The fourth-order valence-electron chi connectivity index (χ4n) is 4.52. The summed E-state index contributed by atoms with van der Waals surface area (Å²) in [6.45, 7) is 2.57. The van der Waals surface area contributed by atoms with Crippen LogP contribution in [0.4, 0.5) is 4.39 Å². The van der Waals surface area contributed by atoms with Crippen LogP contribution in [0.25, 0.3) is 11.3 Å². The Kier molecular flexibility index (Phi) is 5.53. The molecule has 1 aliphatic heterocycles. The van der Waals surface area contributed by atoms with Gasteiger partial charge in [0.1, 0.15) is 5.82 Å². The summed E-state index contributed by atoms with van der Waals surface area (Å²) in [6, 6.07) is 6.79. The molecular formula is C21H27FN4O. The van der Waals surface area contributed by atoms with Crippen molar-refractivity contribution in [3.05, 3.63) is 41.8 Å². The van der Waals surface area contributed by atoms with Crippen molar-refractivity contribution in [1.82, 2.24) is 20.4 Å². The Hall–Kier alpha value is -2.21. The first-order valence-corrected chi connectivity index (χ1v) is 10.0. The van der Waals surface area contributed by atoms with Crippen molar-refractivity contribution in [2.75, 3.05) is 13.1 Å². The summed E-state index contributed by atoms with van der Waals surface area (Å²) in [7, 11) is 0. The quantitative estimate of drug-likeness (QED) is 0.869. The lowest BCUT2D eigenvalue weighted by molar-refractivity contribution is -0.126. The zero-order valence-corrected chi connectivity index (χ0v) is 15.6. The molecular weight excluding hydrogens is 343 g/mol. The maximum absolute atomic E-state index is 13.3. The summed E-state index contributed by atoms with van der Waals surface area (Å²) < 4.78 is 13.3. The zero-order valence-electron chi connectivity index (χ0n) is 15.6. The Morgan fingerprint density at radius 1 is 1.11 bits per heavy atom. The monoisotopic (exact) mass is 370 g/mol. The average Bonchev–Trinajstić information content (AvgIpc) is 3.33. The van der Waals surface area contributed by atoms with E-state index in [0.717, 1.165) is 75.0 Å². The Bertz CT molecular complexity index is 773. The highest BCUT2D eigenvalue weighted by Gasteiger charge is 2.37. The molecule has 0 bridgehead atoms. The molecule has 2 heterocycles. The number of amides is 1. The number of benzene rings is 1. The normalized spacial score (nSPS) is 24.4. The number of H-pyrrole nitrogens is 1. The Balaban J connectivity index is 1.57. The van der Waals surface area contributed by atoms with E-state index < -0.39 is 0 Å². The second kappa shape index (κ2) is 8.21. The third kappa shape index (κ3) is 4.05. The van der Waals surface area contributed by atoms with Gasteiger partial charge in [0.15, 0.2) is 0 Å². The maximum atomic E-state index is 13.3. The van der Waals surface area contributed by atoms with E-state index in [1.165, 1.54) is 12.1 Å². The van der Waals surface area contributed by atoms with Crippen LogP contribution in [0.3, 0.4) is 0 Å². The van der Waals surface area contributed by atoms with Crippen LogP contribution < -0.4 is 5.32 Å². The van der Waals surface area contributed by atoms with E-state index in [4.69, 9.17) is 0 Å². The van der Waals surface area contributed by atoms with Crippen LogP contribution in [-0.2, 0) is 11.3 Å². The second-order valence-electron chi connectivity index (χ2n) is 7.70. The molecule has 6 heteroatoms. The zero-order chi connectivity index (χ0) is 18.6. The summed E-state index contributed by atoms with van der Waals surface area (Å²) in [5, 5.41) is 10.4. The van der Waals surface area contributed by atoms with E-state index in [2.05, 4.69) is 20.4 Å². The smallest absolute Gasteiger partial charge is 0.224 e. The van der Waals surface area contributed by atoms with Gasteiger partial charge >= 0.3 is 0 Å². The van der Waals surface area contributed by atoms with Crippen LogP contribution in [0.2, 0.25) is 0 Å². The first-order chi connectivity index (χ1) is 13.2. The molecule has 1 aliphatic carbocycles. The molecule has 144 valence electrons. The predicted molar refractivity (Wildman–Crippen MR) is 102 cm³/mol. The van der Waals surface area contributed by atoms with Crippen molar-refractivity contribution < 1.29 is 9.18 Å². The second-order valence-corrected chi connectivity index (χ2v) is 7.70. The van der Waals surface area contributed by atoms with Gasteiger partial charge in [-0.15, -0.1) is 0 Å². The lowest BCUT2D eigenvalue weighted by atomic mass is 9.98. The highest BCUT2D eigenvalue weighted by atomic mass is 19.1. The lowest BCUT2D eigenvalue weighted by Gasteiger charge is -2.33. The summed E-state index contributed by atoms with van der Waals surface area (Å²) in [4.78, 5) is 15.1. The van der Waals surface area contributed by atoms with Gasteiger partial charge in [-0.25, -0.2) is 4.39 Å². The third-order valence-corrected chi connectivity index (χ3v) is 5.93. The molecule has 1 aromatic carbocycles. The minimum atomic E-state index is -0.240. The van der Waals surface area contributed by atoms with E-state index in [1.807, 2.05) is 6.20 Å². The molecule has 2 fully saturated rings. The van der Waals surface area contributed by atoms with Crippen LogP contribution in [0.5, 0.6) is 0 Å². The van der Waals surface area contributed by atoms with Gasteiger partial charge in [0.25, 0.3) is 0 Å². The van der Waals surface area contributed by atoms with Crippen molar-refractivity contribution in [3.8, 4) is 11.3 Å². The highest BCUT2D eigenvalue weighted by molar-refractivity contribution is 5.79. The van der Waals surface area contributed by atoms with E-state index in [9.17, 15) is 9.18 Å². The molecule has 2 aliphatic rings. The molecule has 2 unspecified atom stereocenters.